The zero-order valence-electron chi connectivity index (χ0n) is 23.6. The predicted octanol–water partition coefficient (Wildman–Crippen LogP) is 1.98. The van der Waals surface area contributed by atoms with Gasteiger partial charge in [-0.25, -0.2) is 0 Å². The predicted molar refractivity (Wildman–Crippen MR) is 159 cm³/mol. The molecule has 1 amide bonds. The van der Waals surface area contributed by atoms with E-state index in [1.54, 1.807) is 0 Å². The Morgan fingerprint density at radius 1 is 0.854 bits per heavy atom. The van der Waals surface area contributed by atoms with Gasteiger partial charge in [0.15, 0.2) is 0 Å². The monoisotopic (exact) mass is 564 g/mol. The third-order valence-electron chi connectivity index (χ3n) is 6.22. The van der Waals surface area contributed by atoms with E-state index in [1.165, 1.54) is 0 Å². The molecule has 0 unspecified atom stereocenters. The quantitative estimate of drug-likeness (QED) is 0.179. The van der Waals surface area contributed by atoms with Crippen LogP contribution in [0.1, 0.15) is 11.1 Å². The van der Waals surface area contributed by atoms with Gasteiger partial charge in [-0.2, -0.15) is 15.0 Å². The summed E-state index contributed by atoms with van der Waals surface area (Å²) < 4.78 is 16.4. The fourth-order valence-corrected chi connectivity index (χ4v) is 4.02. The van der Waals surface area contributed by atoms with E-state index in [9.17, 15) is 4.79 Å². The maximum atomic E-state index is 12.3. The van der Waals surface area contributed by atoms with Crippen LogP contribution in [0.5, 0.6) is 0 Å². The van der Waals surface area contributed by atoms with Gasteiger partial charge in [0.2, 0.25) is 23.8 Å². The molecule has 4 rings (SSSR count). The number of anilines is 4. The number of aromatic nitrogens is 3. The maximum absolute atomic E-state index is 12.3. The molecular weight excluding hydrogens is 524 g/mol. The van der Waals surface area contributed by atoms with Crippen LogP contribution in [0, 0.1) is 0 Å². The summed E-state index contributed by atoms with van der Waals surface area (Å²) in [6.07, 6.45) is 0.286. The molecule has 1 fully saturated rings. The first-order valence-electron chi connectivity index (χ1n) is 14.0. The lowest BCUT2D eigenvalue weighted by Crippen LogP contribution is -2.37. The highest BCUT2D eigenvalue weighted by molar-refractivity contribution is 5.78. The molecule has 1 saturated heterocycles. The summed E-state index contributed by atoms with van der Waals surface area (Å²) in [4.78, 5) is 28.3. The Bertz CT molecular complexity index is 1180. The summed E-state index contributed by atoms with van der Waals surface area (Å²) in [6, 6.07) is 17.8. The van der Waals surface area contributed by atoms with Gasteiger partial charge in [-0.1, -0.05) is 42.5 Å². The molecule has 4 N–H and O–H groups in total. The van der Waals surface area contributed by atoms with Crippen molar-refractivity contribution in [3.63, 3.8) is 0 Å². The second kappa shape index (κ2) is 17.1. The molecule has 0 aliphatic carbocycles. The normalized spacial score (nSPS) is 13.1. The summed E-state index contributed by atoms with van der Waals surface area (Å²) in [5.41, 5.74) is 2.85. The van der Waals surface area contributed by atoms with Gasteiger partial charge in [0, 0.05) is 38.4 Å². The Balaban J connectivity index is 1.27. The van der Waals surface area contributed by atoms with Gasteiger partial charge in [0.1, 0.15) is 0 Å². The second-order valence-electron chi connectivity index (χ2n) is 9.40. The maximum Gasteiger partial charge on any atom is 0.233 e. The lowest BCUT2D eigenvalue weighted by Gasteiger charge is -2.27. The van der Waals surface area contributed by atoms with Gasteiger partial charge < -0.3 is 40.4 Å². The Labute approximate surface area is 241 Å². The Hall–Kier alpha value is -3.84. The SMILES string of the molecule is CNCCOCCOCCNC(=O)Cc1ccc(Nc2nc(NCc3ccccc3)nc(N3CCOCC3)n2)cc1. The zero-order valence-corrected chi connectivity index (χ0v) is 23.6. The number of amides is 1. The first kappa shape index (κ1) is 30.1. The third-order valence-corrected chi connectivity index (χ3v) is 6.22. The van der Waals surface area contributed by atoms with Gasteiger partial charge in [0.25, 0.3) is 0 Å². The Morgan fingerprint density at radius 3 is 2.29 bits per heavy atom. The molecule has 0 radical (unpaired) electrons. The van der Waals surface area contributed by atoms with Crippen LogP contribution < -0.4 is 26.2 Å². The van der Waals surface area contributed by atoms with E-state index in [1.807, 2.05) is 49.5 Å². The van der Waals surface area contributed by atoms with E-state index in [4.69, 9.17) is 14.2 Å². The van der Waals surface area contributed by atoms with Crippen LogP contribution in [0.2, 0.25) is 0 Å². The summed E-state index contributed by atoms with van der Waals surface area (Å²) in [6.45, 7) is 6.73. The molecule has 41 heavy (non-hydrogen) atoms. The van der Waals surface area contributed by atoms with Crippen LogP contribution in [0.15, 0.2) is 54.6 Å². The highest BCUT2D eigenvalue weighted by Gasteiger charge is 2.17. The highest BCUT2D eigenvalue weighted by atomic mass is 16.5. The lowest BCUT2D eigenvalue weighted by molar-refractivity contribution is -0.120. The standard InChI is InChI=1S/C29H40N8O4/c1-30-11-15-39-19-20-40-16-12-31-26(38)21-23-7-9-25(10-8-23)33-28-34-27(32-22-24-5-3-2-4-6-24)35-29(36-28)37-13-17-41-18-14-37/h2-10,30H,11-22H2,1H3,(H,31,38)(H2,32,33,34,35,36). The van der Waals surface area contributed by atoms with Gasteiger partial charge >= 0.3 is 0 Å². The van der Waals surface area contributed by atoms with E-state index < -0.39 is 0 Å². The number of hydrogen-bond acceptors (Lipinski definition) is 11. The summed E-state index contributed by atoms with van der Waals surface area (Å²) in [5, 5.41) is 12.5. The molecule has 2 heterocycles. The number of morpholine rings is 1. The van der Waals surface area contributed by atoms with Crippen molar-refractivity contribution in [1.82, 2.24) is 25.6 Å². The minimum absolute atomic E-state index is 0.0543. The average Bonchev–Trinajstić information content (AvgIpc) is 3.01. The molecule has 1 aliphatic heterocycles. The van der Waals surface area contributed by atoms with Crippen molar-refractivity contribution in [2.75, 3.05) is 88.4 Å². The molecule has 12 heteroatoms. The number of benzene rings is 2. The average molecular weight is 565 g/mol. The fraction of sp³-hybridized carbons (Fsp3) is 0.448. The summed E-state index contributed by atoms with van der Waals surface area (Å²) >= 11 is 0. The summed E-state index contributed by atoms with van der Waals surface area (Å²) in [7, 11) is 1.88. The molecular formula is C29H40N8O4. The van der Waals surface area contributed by atoms with Crippen molar-refractivity contribution in [3.8, 4) is 0 Å². The number of carbonyl (C=O) groups excluding carboxylic acids is 1. The molecule has 0 bridgehead atoms. The number of nitrogens with one attached hydrogen (secondary N) is 4. The molecule has 220 valence electrons. The summed E-state index contributed by atoms with van der Waals surface area (Å²) in [5.74, 6) is 1.47. The molecule has 12 nitrogen and oxygen atoms in total. The number of ether oxygens (including phenoxy) is 3. The van der Waals surface area contributed by atoms with Gasteiger partial charge in [0.05, 0.1) is 46.1 Å². The van der Waals surface area contributed by atoms with E-state index in [2.05, 4.69) is 53.3 Å². The van der Waals surface area contributed by atoms with Crippen molar-refractivity contribution in [2.45, 2.75) is 13.0 Å². The van der Waals surface area contributed by atoms with Crippen LogP contribution in [-0.2, 0) is 32.0 Å². The van der Waals surface area contributed by atoms with E-state index in [0.717, 1.165) is 36.4 Å². The van der Waals surface area contributed by atoms with Gasteiger partial charge in [-0.15, -0.1) is 0 Å². The Kier molecular flexibility index (Phi) is 12.5. The van der Waals surface area contributed by atoms with Crippen LogP contribution >= 0.6 is 0 Å². The molecule has 3 aromatic rings. The van der Waals surface area contributed by atoms with Crippen molar-refractivity contribution in [2.24, 2.45) is 0 Å². The number of hydrogen-bond donors (Lipinski definition) is 4. The van der Waals surface area contributed by atoms with Crippen LogP contribution in [0.25, 0.3) is 0 Å². The molecule has 1 aliphatic rings. The van der Waals surface area contributed by atoms with E-state index in [0.29, 0.717) is 70.6 Å². The number of rotatable bonds is 17. The van der Waals surface area contributed by atoms with Crippen LogP contribution in [0.3, 0.4) is 0 Å². The zero-order chi connectivity index (χ0) is 28.5. The van der Waals surface area contributed by atoms with E-state index >= 15 is 0 Å². The molecule has 0 atom stereocenters. The lowest BCUT2D eigenvalue weighted by atomic mass is 10.1. The topological polar surface area (TPSA) is 135 Å². The van der Waals surface area contributed by atoms with Crippen molar-refractivity contribution >= 4 is 29.4 Å². The minimum atomic E-state index is -0.0543. The number of likely N-dealkylation sites (N-methyl/N-ethyl adjacent to an activating group) is 1. The molecule has 0 saturated carbocycles. The van der Waals surface area contributed by atoms with Crippen LogP contribution in [-0.4, -0.2) is 93.7 Å². The number of carbonyl (C=O) groups is 1. The second-order valence-corrected chi connectivity index (χ2v) is 9.40. The first-order chi connectivity index (χ1) is 20.2. The smallest absolute Gasteiger partial charge is 0.233 e. The molecule has 0 spiro atoms. The number of nitrogens with zero attached hydrogens (tertiary/aromatic N) is 4. The highest BCUT2D eigenvalue weighted by Crippen LogP contribution is 2.20. The van der Waals surface area contributed by atoms with Crippen molar-refractivity contribution in [3.05, 3.63) is 65.7 Å². The van der Waals surface area contributed by atoms with Crippen molar-refractivity contribution < 1.29 is 19.0 Å². The minimum Gasteiger partial charge on any atom is -0.378 e. The first-order valence-corrected chi connectivity index (χ1v) is 14.0. The van der Waals surface area contributed by atoms with Crippen molar-refractivity contribution in [1.29, 1.82) is 0 Å². The van der Waals surface area contributed by atoms with E-state index in [-0.39, 0.29) is 12.3 Å². The Morgan fingerprint density at radius 2 is 1.56 bits per heavy atom. The van der Waals surface area contributed by atoms with Gasteiger partial charge in [-0.3, -0.25) is 4.79 Å². The largest absolute Gasteiger partial charge is 0.378 e. The van der Waals surface area contributed by atoms with Crippen LogP contribution in [0.4, 0.5) is 23.5 Å². The fourth-order valence-electron chi connectivity index (χ4n) is 4.02. The third kappa shape index (κ3) is 10.9. The molecule has 2 aromatic carbocycles. The van der Waals surface area contributed by atoms with Gasteiger partial charge in [-0.05, 0) is 30.3 Å². The molecule has 1 aromatic heterocycles.